The van der Waals surface area contributed by atoms with Crippen LogP contribution in [0.1, 0.15) is 0 Å². The Balaban J connectivity index is 1.56. The minimum atomic E-state index is -3.74. The number of nitro groups is 1. The Morgan fingerprint density at radius 3 is 2.35 bits per heavy atom. The van der Waals surface area contributed by atoms with Gasteiger partial charge in [-0.15, -0.1) is 0 Å². The van der Waals surface area contributed by atoms with Crippen molar-refractivity contribution >= 4 is 26.5 Å². The average molecular weight is 372 g/mol. The van der Waals surface area contributed by atoms with Crippen LogP contribution in [0.15, 0.2) is 71.6 Å². The fourth-order valence-corrected chi connectivity index (χ4v) is 3.45. The first-order chi connectivity index (χ1) is 12.5. The van der Waals surface area contributed by atoms with Gasteiger partial charge in [-0.3, -0.25) is 10.1 Å². The van der Waals surface area contributed by atoms with E-state index in [0.29, 0.717) is 5.75 Å². The minimum absolute atomic E-state index is 0.0335. The summed E-state index contributed by atoms with van der Waals surface area (Å²) in [6.45, 7) is 0.233. The number of ether oxygens (including phenoxy) is 1. The molecule has 0 heterocycles. The molecule has 3 rings (SSSR count). The second-order valence-corrected chi connectivity index (χ2v) is 7.27. The lowest BCUT2D eigenvalue weighted by molar-refractivity contribution is -0.384. The van der Waals surface area contributed by atoms with Crippen molar-refractivity contribution in [2.45, 2.75) is 4.90 Å². The maximum atomic E-state index is 12.2. The van der Waals surface area contributed by atoms with Crippen molar-refractivity contribution in [3.63, 3.8) is 0 Å². The van der Waals surface area contributed by atoms with E-state index >= 15 is 0 Å². The van der Waals surface area contributed by atoms with Gasteiger partial charge in [-0.1, -0.05) is 30.3 Å². The van der Waals surface area contributed by atoms with Gasteiger partial charge >= 0.3 is 0 Å². The van der Waals surface area contributed by atoms with E-state index in [9.17, 15) is 18.5 Å². The lowest BCUT2D eigenvalue weighted by atomic mass is 10.1. The van der Waals surface area contributed by atoms with Crippen LogP contribution in [0.4, 0.5) is 5.69 Å². The summed E-state index contributed by atoms with van der Waals surface area (Å²) in [6.07, 6.45) is 0. The largest absolute Gasteiger partial charge is 0.492 e. The summed E-state index contributed by atoms with van der Waals surface area (Å²) in [4.78, 5) is 10.00. The number of sulfonamides is 1. The molecule has 0 amide bonds. The average Bonchev–Trinajstić information content (AvgIpc) is 2.65. The van der Waals surface area contributed by atoms with Crippen molar-refractivity contribution < 1.29 is 18.1 Å². The highest BCUT2D eigenvalue weighted by atomic mass is 32.2. The number of rotatable bonds is 7. The molecule has 0 aliphatic carbocycles. The van der Waals surface area contributed by atoms with Gasteiger partial charge < -0.3 is 4.74 Å². The van der Waals surface area contributed by atoms with Gasteiger partial charge in [0.25, 0.3) is 5.69 Å². The second kappa shape index (κ2) is 7.51. The van der Waals surface area contributed by atoms with Crippen LogP contribution in [0.3, 0.4) is 0 Å². The zero-order valence-corrected chi connectivity index (χ0v) is 14.5. The van der Waals surface area contributed by atoms with E-state index < -0.39 is 14.9 Å². The van der Waals surface area contributed by atoms with Crippen LogP contribution in [0, 0.1) is 10.1 Å². The number of benzene rings is 3. The number of hydrogen-bond acceptors (Lipinski definition) is 5. The molecule has 3 aromatic carbocycles. The van der Waals surface area contributed by atoms with E-state index in [2.05, 4.69) is 4.72 Å². The Bertz CT molecular complexity index is 1030. The van der Waals surface area contributed by atoms with Crippen molar-refractivity contribution in [1.82, 2.24) is 4.72 Å². The number of nitro benzene ring substituents is 1. The van der Waals surface area contributed by atoms with Gasteiger partial charge in [-0.2, -0.15) is 0 Å². The summed E-state index contributed by atoms with van der Waals surface area (Å²) in [5, 5.41) is 12.7. The van der Waals surface area contributed by atoms with Crippen LogP contribution in [0.5, 0.6) is 5.75 Å². The third-order valence-corrected chi connectivity index (χ3v) is 5.22. The molecular formula is C18H16N2O5S. The fraction of sp³-hybridized carbons (Fsp3) is 0.111. The Morgan fingerprint density at radius 1 is 0.962 bits per heavy atom. The Kier molecular flexibility index (Phi) is 5.15. The van der Waals surface area contributed by atoms with Crippen molar-refractivity contribution in [1.29, 1.82) is 0 Å². The third kappa shape index (κ3) is 4.16. The molecule has 8 heteroatoms. The predicted molar refractivity (Wildman–Crippen MR) is 97.7 cm³/mol. The quantitative estimate of drug-likeness (QED) is 0.390. The van der Waals surface area contributed by atoms with Crippen LogP contribution in [-0.2, 0) is 10.0 Å². The molecule has 134 valence electrons. The molecule has 0 unspecified atom stereocenters. The summed E-state index contributed by atoms with van der Waals surface area (Å²) in [5.74, 6) is 0.651. The number of nitrogens with zero attached hydrogens (tertiary/aromatic N) is 1. The summed E-state index contributed by atoms with van der Waals surface area (Å²) < 4.78 is 32.3. The molecule has 0 spiro atoms. The van der Waals surface area contributed by atoms with Crippen molar-refractivity contribution in [2.24, 2.45) is 0 Å². The molecule has 0 radical (unpaired) electrons. The number of non-ortho nitro benzene ring substituents is 1. The molecule has 0 bridgehead atoms. The first-order valence-corrected chi connectivity index (χ1v) is 9.30. The molecule has 0 aliphatic heterocycles. The second-order valence-electron chi connectivity index (χ2n) is 5.51. The zero-order chi connectivity index (χ0) is 18.6. The molecule has 3 aromatic rings. The van der Waals surface area contributed by atoms with Crippen molar-refractivity contribution in [3.05, 3.63) is 76.8 Å². The predicted octanol–water partition coefficient (Wildman–Crippen LogP) is 3.11. The topological polar surface area (TPSA) is 98.5 Å². The molecular weight excluding hydrogens is 356 g/mol. The molecule has 0 aliphatic rings. The highest BCUT2D eigenvalue weighted by molar-refractivity contribution is 7.89. The van der Waals surface area contributed by atoms with Crippen LogP contribution in [-0.4, -0.2) is 26.5 Å². The molecule has 0 saturated carbocycles. The lowest BCUT2D eigenvalue weighted by Crippen LogP contribution is -2.28. The van der Waals surface area contributed by atoms with Crippen LogP contribution in [0.2, 0.25) is 0 Å². The van der Waals surface area contributed by atoms with E-state index in [4.69, 9.17) is 4.74 Å². The monoisotopic (exact) mass is 372 g/mol. The molecule has 0 atom stereocenters. The van der Waals surface area contributed by atoms with Crippen LogP contribution >= 0.6 is 0 Å². The van der Waals surface area contributed by atoms with Gasteiger partial charge in [0.2, 0.25) is 10.0 Å². The Labute approximate surface area is 150 Å². The summed E-state index contributed by atoms with van der Waals surface area (Å²) in [7, 11) is -3.74. The van der Waals surface area contributed by atoms with E-state index in [1.54, 1.807) is 0 Å². The van der Waals surface area contributed by atoms with Crippen molar-refractivity contribution in [2.75, 3.05) is 13.2 Å². The molecule has 26 heavy (non-hydrogen) atoms. The highest BCUT2D eigenvalue weighted by Gasteiger charge is 2.15. The third-order valence-electron chi connectivity index (χ3n) is 3.74. The SMILES string of the molecule is O=[N+]([O-])c1ccc(S(=O)(=O)NCCOc2ccc3ccccc3c2)cc1. The van der Waals surface area contributed by atoms with E-state index in [1.165, 1.54) is 12.1 Å². The van der Waals surface area contributed by atoms with E-state index in [0.717, 1.165) is 22.9 Å². The highest BCUT2D eigenvalue weighted by Crippen LogP contribution is 2.20. The first-order valence-electron chi connectivity index (χ1n) is 7.81. The van der Waals surface area contributed by atoms with Crippen LogP contribution < -0.4 is 9.46 Å². The molecule has 0 fully saturated rings. The molecule has 1 N–H and O–H groups in total. The lowest BCUT2D eigenvalue weighted by Gasteiger charge is -2.09. The van der Waals surface area contributed by atoms with Crippen molar-refractivity contribution in [3.8, 4) is 5.75 Å². The smallest absolute Gasteiger partial charge is 0.269 e. The van der Waals surface area contributed by atoms with Gasteiger partial charge in [0, 0.05) is 18.7 Å². The Morgan fingerprint density at radius 2 is 1.65 bits per heavy atom. The summed E-state index contributed by atoms with van der Waals surface area (Å²) in [6, 6.07) is 18.2. The standard InChI is InChI=1S/C18H16N2O5S/c21-20(22)16-6-9-18(10-7-16)26(23,24)19-11-12-25-17-8-5-14-3-1-2-4-15(14)13-17/h1-10,13,19H,11-12H2. The van der Waals surface area contributed by atoms with E-state index in [-0.39, 0.29) is 23.7 Å². The zero-order valence-electron chi connectivity index (χ0n) is 13.7. The number of nitrogens with one attached hydrogen (secondary N) is 1. The molecule has 0 aromatic heterocycles. The van der Waals surface area contributed by atoms with E-state index in [1.807, 2.05) is 42.5 Å². The van der Waals surface area contributed by atoms with Gasteiger partial charge in [0.15, 0.2) is 0 Å². The summed E-state index contributed by atoms with van der Waals surface area (Å²) in [5.41, 5.74) is -0.163. The fourth-order valence-electron chi connectivity index (χ4n) is 2.43. The Hall–Kier alpha value is -2.97. The van der Waals surface area contributed by atoms with Gasteiger partial charge in [-0.05, 0) is 35.0 Å². The number of fused-ring (bicyclic) bond motifs is 1. The normalized spacial score (nSPS) is 11.4. The molecule has 7 nitrogen and oxygen atoms in total. The maximum absolute atomic E-state index is 12.2. The van der Waals surface area contributed by atoms with Gasteiger partial charge in [0.1, 0.15) is 12.4 Å². The van der Waals surface area contributed by atoms with Gasteiger partial charge in [-0.25, -0.2) is 13.1 Å². The number of hydrogen-bond donors (Lipinski definition) is 1. The van der Waals surface area contributed by atoms with Crippen LogP contribution in [0.25, 0.3) is 10.8 Å². The summed E-state index contributed by atoms with van der Waals surface area (Å²) >= 11 is 0. The maximum Gasteiger partial charge on any atom is 0.269 e. The van der Waals surface area contributed by atoms with Gasteiger partial charge in [0.05, 0.1) is 9.82 Å². The molecule has 0 saturated heterocycles. The first kappa shape index (κ1) is 17.8. The minimum Gasteiger partial charge on any atom is -0.492 e.